The zero-order chi connectivity index (χ0) is 32.9. The minimum absolute atomic E-state index is 0.300. The Morgan fingerprint density at radius 1 is 1.11 bits per heavy atom. The number of anilines is 6. The zero-order valence-corrected chi connectivity index (χ0v) is 27.8. The van der Waals surface area contributed by atoms with Crippen LogP contribution in [0.4, 0.5) is 34.6 Å². The van der Waals surface area contributed by atoms with Crippen molar-refractivity contribution in [2.75, 3.05) is 80.7 Å². The molecule has 0 unspecified atom stereocenters. The summed E-state index contributed by atoms with van der Waals surface area (Å²) in [5.41, 5.74) is 2.92. The highest BCUT2D eigenvalue weighted by atomic mass is 31.1. The topological polar surface area (TPSA) is 150 Å². The van der Waals surface area contributed by atoms with Crippen molar-refractivity contribution in [3.8, 4) is 23.3 Å². The molecular weight excluding hydrogens is 617 g/mol. The zero-order valence-electron chi connectivity index (χ0n) is 27.0. The number of nitrogens with one attached hydrogen (secondary N) is 3. The Bertz CT molecular complexity index is 1670. The standard InChI is InChI=1S/C33H40N9O4P/c1-5-29(43)37-24-16-25(28(44-2)17-26(24)41-12-9-22(10-13-41)42-18-21(19-42)8-11-34)39-33-36-20-35-32(40-33)38-23-6-7-27-30(31(23)47(3)4)46-15-14-45-27/h5-7,16-17,20-22H,1,8-10,12-15,18-19H2,2-4H3,(H,37,43)(H2,35,36,38,39,40). The summed E-state index contributed by atoms with van der Waals surface area (Å²) in [5.74, 6) is 2.92. The van der Waals surface area contributed by atoms with Gasteiger partial charge in [-0.3, -0.25) is 9.69 Å². The number of fused-ring (bicyclic) bond motifs is 1. The fourth-order valence-corrected chi connectivity index (χ4v) is 7.52. The molecule has 3 aromatic rings. The molecule has 3 aliphatic rings. The molecule has 3 N–H and O–H groups in total. The first-order valence-corrected chi connectivity index (χ1v) is 17.9. The number of benzene rings is 2. The first kappa shape index (κ1) is 32.3. The average Bonchev–Trinajstić information content (AvgIpc) is 3.06. The van der Waals surface area contributed by atoms with Gasteiger partial charge < -0.3 is 35.1 Å². The molecule has 246 valence electrons. The smallest absolute Gasteiger partial charge is 0.247 e. The van der Waals surface area contributed by atoms with Crippen LogP contribution in [-0.4, -0.2) is 91.6 Å². The van der Waals surface area contributed by atoms with E-state index in [0.717, 1.165) is 67.2 Å². The van der Waals surface area contributed by atoms with Crippen LogP contribution in [0, 0.1) is 17.2 Å². The van der Waals surface area contributed by atoms with Gasteiger partial charge in [-0.1, -0.05) is 14.5 Å². The normalized spacial score (nSPS) is 16.6. The van der Waals surface area contributed by atoms with Crippen LogP contribution in [0.25, 0.3) is 0 Å². The third-order valence-corrected chi connectivity index (χ3v) is 9.98. The maximum atomic E-state index is 12.5. The number of nitriles is 1. The Kier molecular flexibility index (Phi) is 9.90. The number of methoxy groups -OCH3 is 1. The number of carbonyl (C=O) groups excluding carboxylic acids is 1. The third kappa shape index (κ3) is 7.19. The highest BCUT2D eigenvalue weighted by Gasteiger charge is 2.34. The van der Waals surface area contributed by atoms with Gasteiger partial charge in [0.1, 0.15) is 25.3 Å². The lowest BCUT2D eigenvalue weighted by Crippen LogP contribution is -2.55. The summed E-state index contributed by atoms with van der Waals surface area (Å²) in [6.07, 6.45) is 5.32. The van der Waals surface area contributed by atoms with Crippen LogP contribution in [-0.2, 0) is 4.79 Å². The highest BCUT2D eigenvalue weighted by molar-refractivity contribution is 7.64. The van der Waals surface area contributed by atoms with E-state index in [1.807, 2.05) is 24.3 Å². The largest absolute Gasteiger partial charge is 0.494 e. The van der Waals surface area contributed by atoms with Crippen molar-refractivity contribution >= 4 is 53.8 Å². The molecule has 3 aliphatic heterocycles. The van der Waals surface area contributed by atoms with E-state index in [9.17, 15) is 4.79 Å². The average molecular weight is 658 g/mol. The van der Waals surface area contributed by atoms with Gasteiger partial charge in [0.05, 0.1) is 35.9 Å². The van der Waals surface area contributed by atoms with Gasteiger partial charge >= 0.3 is 0 Å². The van der Waals surface area contributed by atoms with Gasteiger partial charge in [-0.15, -0.1) is 0 Å². The van der Waals surface area contributed by atoms with Gasteiger partial charge in [0.15, 0.2) is 11.5 Å². The highest BCUT2D eigenvalue weighted by Crippen LogP contribution is 2.42. The number of nitrogens with zero attached hydrogens (tertiary/aromatic N) is 6. The van der Waals surface area contributed by atoms with Gasteiger partial charge in [-0.05, 0) is 56.4 Å². The molecule has 2 saturated heterocycles. The van der Waals surface area contributed by atoms with Gasteiger partial charge in [-0.25, -0.2) is 9.97 Å². The molecule has 0 bridgehead atoms. The number of ether oxygens (including phenoxy) is 3. The van der Waals surface area contributed by atoms with Gasteiger partial charge in [0.2, 0.25) is 17.8 Å². The molecule has 4 heterocycles. The first-order chi connectivity index (χ1) is 22.9. The Morgan fingerprint density at radius 2 is 1.83 bits per heavy atom. The van der Waals surface area contributed by atoms with Crippen LogP contribution in [0.1, 0.15) is 19.3 Å². The summed E-state index contributed by atoms with van der Waals surface area (Å²) < 4.78 is 17.6. The number of piperidine rings is 1. The van der Waals surface area contributed by atoms with Crippen LogP contribution in [0.3, 0.4) is 0 Å². The van der Waals surface area contributed by atoms with E-state index in [1.54, 1.807) is 7.11 Å². The number of likely N-dealkylation sites (tertiary alicyclic amines) is 1. The van der Waals surface area contributed by atoms with Crippen molar-refractivity contribution in [2.24, 2.45) is 5.92 Å². The summed E-state index contributed by atoms with van der Waals surface area (Å²) >= 11 is 0. The predicted octanol–water partition coefficient (Wildman–Crippen LogP) is 4.44. The van der Waals surface area contributed by atoms with Crippen molar-refractivity contribution < 1.29 is 19.0 Å². The second kappa shape index (κ2) is 14.4. The van der Waals surface area contributed by atoms with E-state index in [1.165, 1.54) is 12.4 Å². The van der Waals surface area contributed by atoms with E-state index >= 15 is 0 Å². The number of carbonyl (C=O) groups is 1. The molecule has 0 saturated carbocycles. The van der Waals surface area contributed by atoms with Crippen LogP contribution in [0.5, 0.6) is 17.2 Å². The van der Waals surface area contributed by atoms with Gasteiger partial charge in [0, 0.05) is 50.0 Å². The SMILES string of the molecule is C=CC(=O)Nc1cc(Nc2ncnc(Nc3ccc4c(c3P(C)C)OCCO4)n2)c(OC)cc1N1CCC(N2CC(CC#N)C2)CC1. The number of hydrogen-bond acceptors (Lipinski definition) is 12. The van der Waals surface area contributed by atoms with Gasteiger partial charge in [-0.2, -0.15) is 10.2 Å². The molecule has 2 fully saturated rings. The molecule has 0 spiro atoms. The van der Waals surface area contributed by atoms with Crippen LogP contribution in [0.15, 0.2) is 43.2 Å². The Balaban J connectivity index is 1.21. The fraction of sp³-hybridized carbons (Fsp3) is 0.424. The molecule has 1 amide bonds. The number of aromatic nitrogens is 3. The summed E-state index contributed by atoms with van der Waals surface area (Å²) in [4.78, 5) is 30.6. The van der Waals surface area contributed by atoms with Crippen molar-refractivity contribution in [3.63, 3.8) is 0 Å². The van der Waals surface area contributed by atoms with Crippen LogP contribution >= 0.6 is 7.92 Å². The second-order valence-electron chi connectivity index (χ2n) is 11.9. The van der Waals surface area contributed by atoms with E-state index in [2.05, 4.69) is 66.7 Å². The van der Waals surface area contributed by atoms with Crippen molar-refractivity contribution in [2.45, 2.75) is 25.3 Å². The molecule has 14 heteroatoms. The lowest BCUT2D eigenvalue weighted by Gasteiger charge is -2.47. The van der Waals surface area contributed by atoms with Crippen molar-refractivity contribution in [3.05, 3.63) is 43.2 Å². The fourth-order valence-electron chi connectivity index (χ4n) is 6.32. The maximum Gasteiger partial charge on any atom is 0.247 e. The maximum absolute atomic E-state index is 12.5. The molecule has 6 rings (SSSR count). The quantitative estimate of drug-likeness (QED) is 0.198. The molecule has 0 radical (unpaired) electrons. The molecule has 2 aromatic carbocycles. The van der Waals surface area contributed by atoms with Gasteiger partial charge in [0.25, 0.3) is 0 Å². The minimum atomic E-state index is -0.540. The van der Waals surface area contributed by atoms with E-state index in [0.29, 0.717) is 60.6 Å². The lowest BCUT2D eigenvalue weighted by atomic mass is 9.91. The lowest BCUT2D eigenvalue weighted by molar-refractivity contribution is -0.111. The Hall–Kier alpha value is -4.66. The molecule has 13 nitrogen and oxygen atoms in total. The summed E-state index contributed by atoms with van der Waals surface area (Å²) in [6.45, 7) is 12.6. The summed E-state index contributed by atoms with van der Waals surface area (Å²) in [7, 11) is 1.07. The number of hydrogen-bond donors (Lipinski definition) is 3. The van der Waals surface area contributed by atoms with Crippen LogP contribution < -0.4 is 40.4 Å². The molecular formula is C33H40N9O4P. The van der Waals surface area contributed by atoms with Crippen molar-refractivity contribution in [1.29, 1.82) is 5.26 Å². The number of rotatable bonds is 11. The predicted molar refractivity (Wildman–Crippen MR) is 185 cm³/mol. The van der Waals surface area contributed by atoms with Crippen molar-refractivity contribution in [1.82, 2.24) is 19.9 Å². The molecule has 47 heavy (non-hydrogen) atoms. The monoisotopic (exact) mass is 657 g/mol. The molecule has 0 atom stereocenters. The number of amides is 1. The second-order valence-corrected chi connectivity index (χ2v) is 14.2. The first-order valence-electron chi connectivity index (χ1n) is 15.7. The molecule has 0 aliphatic carbocycles. The third-order valence-electron chi connectivity index (χ3n) is 8.64. The van der Waals surface area contributed by atoms with E-state index in [-0.39, 0.29) is 5.91 Å². The van der Waals surface area contributed by atoms with E-state index < -0.39 is 7.92 Å². The minimum Gasteiger partial charge on any atom is -0.494 e. The summed E-state index contributed by atoms with van der Waals surface area (Å²) in [6, 6.07) is 10.4. The Morgan fingerprint density at radius 3 is 2.51 bits per heavy atom. The summed E-state index contributed by atoms with van der Waals surface area (Å²) in [5, 5.41) is 19.6. The molecule has 1 aromatic heterocycles. The Labute approximate surface area is 276 Å². The van der Waals surface area contributed by atoms with E-state index in [4.69, 9.17) is 19.5 Å². The van der Waals surface area contributed by atoms with Crippen LogP contribution in [0.2, 0.25) is 0 Å².